The van der Waals surface area contributed by atoms with Crippen LogP contribution >= 0.6 is 0 Å². The van der Waals surface area contributed by atoms with Gasteiger partial charge < -0.3 is 4.90 Å². The Morgan fingerprint density at radius 1 is 1.59 bits per heavy atom. The van der Waals surface area contributed by atoms with Crippen LogP contribution in [0.2, 0.25) is 0 Å². The zero-order chi connectivity index (χ0) is 12.8. The lowest BCUT2D eigenvalue weighted by atomic mass is 9.91. The Morgan fingerprint density at radius 3 is 2.88 bits per heavy atom. The van der Waals surface area contributed by atoms with Crippen molar-refractivity contribution in [1.82, 2.24) is 4.90 Å². The predicted molar refractivity (Wildman–Crippen MR) is 76.6 cm³/mol. The van der Waals surface area contributed by atoms with Gasteiger partial charge >= 0.3 is 0 Å². The maximum atomic E-state index is 4.05. The van der Waals surface area contributed by atoms with Gasteiger partial charge in [-0.3, -0.25) is 0 Å². The zero-order valence-corrected chi connectivity index (χ0v) is 11.7. The molecule has 0 aromatic rings. The van der Waals surface area contributed by atoms with Crippen LogP contribution < -0.4 is 0 Å². The second-order valence-corrected chi connectivity index (χ2v) is 5.01. The fraction of sp³-hybridized carbons (Fsp3) is 0.500. The highest BCUT2D eigenvalue weighted by Crippen LogP contribution is 2.30. The van der Waals surface area contributed by atoms with E-state index in [1.54, 1.807) is 5.57 Å². The molecular weight excluding hydrogens is 206 g/mol. The van der Waals surface area contributed by atoms with Crippen LogP contribution in [-0.4, -0.2) is 11.9 Å². The summed E-state index contributed by atoms with van der Waals surface area (Å²) < 4.78 is 0. The first-order valence-corrected chi connectivity index (χ1v) is 6.43. The van der Waals surface area contributed by atoms with Gasteiger partial charge in [0, 0.05) is 19.2 Å². The van der Waals surface area contributed by atoms with Gasteiger partial charge in [-0.15, -0.1) is 0 Å². The molecule has 1 atom stereocenters. The van der Waals surface area contributed by atoms with Crippen LogP contribution in [0.25, 0.3) is 0 Å². The zero-order valence-electron chi connectivity index (χ0n) is 11.7. The SMILES string of the molecule is C=C(C)CC1=C(C/C=C\C)[C@@H](C)CC=CN1C. The van der Waals surface area contributed by atoms with Crippen molar-refractivity contribution in [3.8, 4) is 0 Å². The summed E-state index contributed by atoms with van der Waals surface area (Å²) in [5.74, 6) is 0.627. The Bertz CT molecular complexity index is 358. The fourth-order valence-corrected chi connectivity index (χ4v) is 2.25. The number of nitrogens with zero attached hydrogens (tertiary/aromatic N) is 1. The molecule has 0 spiro atoms. The topological polar surface area (TPSA) is 3.24 Å². The molecule has 0 N–H and O–H groups in total. The van der Waals surface area contributed by atoms with Crippen LogP contribution in [-0.2, 0) is 0 Å². The normalized spacial score (nSPS) is 21.2. The van der Waals surface area contributed by atoms with Crippen LogP contribution in [0.3, 0.4) is 0 Å². The van der Waals surface area contributed by atoms with E-state index in [0.29, 0.717) is 5.92 Å². The van der Waals surface area contributed by atoms with Crippen molar-refractivity contribution < 1.29 is 0 Å². The minimum absolute atomic E-state index is 0.627. The summed E-state index contributed by atoms with van der Waals surface area (Å²) in [6.07, 6.45) is 12.0. The molecule has 0 radical (unpaired) electrons. The van der Waals surface area contributed by atoms with E-state index < -0.39 is 0 Å². The number of allylic oxidation sites excluding steroid dienone is 5. The van der Waals surface area contributed by atoms with Crippen molar-refractivity contribution >= 4 is 0 Å². The molecule has 0 bridgehead atoms. The first-order chi connectivity index (χ1) is 8.06. The fourth-order valence-electron chi connectivity index (χ4n) is 2.25. The lowest BCUT2D eigenvalue weighted by molar-refractivity contribution is 0.533. The van der Waals surface area contributed by atoms with E-state index in [4.69, 9.17) is 0 Å². The monoisotopic (exact) mass is 231 g/mol. The van der Waals surface area contributed by atoms with E-state index in [2.05, 4.69) is 63.7 Å². The van der Waals surface area contributed by atoms with E-state index in [0.717, 1.165) is 19.3 Å². The molecule has 1 nitrogen and oxygen atoms in total. The van der Waals surface area contributed by atoms with Crippen molar-refractivity contribution in [1.29, 1.82) is 0 Å². The van der Waals surface area contributed by atoms with Gasteiger partial charge in [-0.2, -0.15) is 0 Å². The predicted octanol–water partition coefficient (Wildman–Crippen LogP) is 4.66. The van der Waals surface area contributed by atoms with E-state index >= 15 is 0 Å². The minimum atomic E-state index is 0.627. The quantitative estimate of drug-likeness (QED) is 0.636. The molecule has 0 aromatic carbocycles. The average molecular weight is 231 g/mol. The highest BCUT2D eigenvalue weighted by Gasteiger charge is 2.17. The van der Waals surface area contributed by atoms with Gasteiger partial charge in [0.05, 0.1) is 0 Å². The summed E-state index contributed by atoms with van der Waals surface area (Å²) >= 11 is 0. The van der Waals surface area contributed by atoms with Crippen LogP contribution in [0.15, 0.2) is 47.9 Å². The van der Waals surface area contributed by atoms with Crippen LogP contribution in [0.1, 0.15) is 40.0 Å². The molecule has 0 aliphatic carbocycles. The first kappa shape index (κ1) is 13.8. The van der Waals surface area contributed by atoms with Gasteiger partial charge in [-0.1, -0.05) is 37.3 Å². The summed E-state index contributed by atoms with van der Waals surface area (Å²) in [4.78, 5) is 2.26. The van der Waals surface area contributed by atoms with Crippen LogP contribution in [0.5, 0.6) is 0 Å². The number of hydrogen-bond acceptors (Lipinski definition) is 1. The molecule has 0 fully saturated rings. The van der Waals surface area contributed by atoms with Crippen LogP contribution in [0, 0.1) is 5.92 Å². The van der Waals surface area contributed by atoms with Gasteiger partial charge in [0.15, 0.2) is 0 Å². The van der Waals surface area contributed by atoms with Gasteiger partial charge in [-0.05, 0) is 44.4 Å². The van der Waals surface area contributed by atoms with Crippen LogP contribution in [0.4, 0.5) is 0 Å². The summed E-state index contributed by atoms with van der Waals surface area (Å²) in [5, 5.41) is 0. The molecule has 0 unspecified atom stereocenters. The Kier molecular flexibility index (Phi) is 5.27. The highest BCUT2D eigenvalue weighted by atomic mass is 15.1. The summed E-state index contributed by atoms with van der Waals surface area (Å²) in [7, 11) is 2.14. The molecule has 0 saturated carbocycles. The largest absolute Gasteiger partial charge is 0.354 e. The molecule has 1 heterocycles. The molecule has 1 heteroatoms. The minimum Gasteiger partial charge on any atom is -0.354 e. The summed E-state index contributed by atoms with van der Waals surface area (Å²) in [6.45, 7) is 10.6. The second-order valence-electron chi connectivity index (χ2n) is 5.01. The molecule has 0 aromatic heterocycles. The van der Waals surface area contributed by atoms with Gasteiger partial charge in [0.25, 0.3) is 0 Å². The molecular formula is C16H25N. The lowest BCUT2D eigenvalue weighted by Gasteiger charge is -2.23. The van der Waals surface area contributed by atoms with Gasteiger partial charge in [-0.25, -0.2) is 0 Å². The molecule has 0 amide bonds. The van der Waals surface area contributed by atoms with Crippen molar-refractivity contribution in [3.05, 3.63) is 47.9 Å². The third kappa shape index (κ3) is 3.92. The smallest absolute Gasteiger partial charge is 0.0209 e. The Labute approximate surface area is 106 Å². The first-order valence-electron chi connectivity index (χ1n) is 6.43. The summed E-state index contributed by atoms with van der Waals surface area (Å²) in [6, 6.07) is 0. The van der Waals surface area contributed by atoms with Crippen molar-refractivity contribution in [3.63, 3.8) is 0 Å². The van der Waals surface area contributed by atoms with E-state index in [1.165, 1.54) is 11.3 Å². The average Bonchev–Trinajstić information content (AvgIpc) is 2.38. The Hall–Kier alpha value is -1.24. The Morgan fingerprint density at radius 2 is 2.29 bits per heavy atom. The molecule has 1 aliphatic rings. The van der Waals surface area contributed by atoms with E-state index in [1.807, 2.05) is 0 Å². The maximum absolute atomic E-state index is 4.05. The number of hydrogen-bond donors (Lipinski definition) is 0. The van der Waals surface area contributed by atoms with Crippen molar-refractivity contribution in [2.24, 2.45) is 5.92 Å². The summed E-state index contributed by atoms with van der Waals surface area (Å²) in [5.41, 5.74) is 4.21. The van der Waals surface area contributed by atoms with E-state index in [-0.39, 0.29) is 0 Å². The molecule has 94 valence electrons. The molecule has 1 aliphatic heterocycles. The molecule has 17 heavy (non-hydrogen) atoms. The number of rotatable bonds is 4. The molecule has 1 rings (SSSR count). The third-order valence-electron chi connectivity index (χ3n) is 3.25. The lowest BCUT2D eigenvalue weighted by Crippen LogP contribution is -2.14. The standard InChI is InChI=1S/C16H25N/c1-6-7-10-15-14(4)9-8-11-17(5)16(15)12-13(2)3/h6-8,11,14H,2,9-10,12H2,1,3-5H3/b7-6-/t14-/m0/s1. The molecule has 0 saturated heterocycles. The van der Waals surface area contributed by atoms with E-state index in [9.17, 15) is 0 Å². The highest BCUT2D eigenvalue weighted by molar-refractivity contribution is 5.26. The van der Waals surface area contributed by atoms with Crippen molar-refractivity contribution in [2.75, 3.05) is 7.05 Å². The van der Waals surface area contributed by atoms with Gasteiger partial charge in [0.2, 0.25) is 0 Å². The maximum Gasteiger partial charge on any atom is 0.0209 e. The van der Waals surface area contributed by atoms with Gasteiger partial charge in [0.1, 0.15) is 0 Å². The Balaban J connectivity index is 3.08. The third-order valence-corrected chi connectivity index (χ3v) is 3.25. The second kappa shape index (κ2) is 6.48. The van der Waals surface area contributed by atoms with Crippen molar-refractivity contribution in [2.45, 2.75) is 40.0 Å².